The summed E-state index contributed by atoms with van der Waals surface area (Å²) in [5, 5.41) is 13.7. The zero-order valence-corrected chi connectivity index (χ0v) is 29.8. The molecule has 5 aromatic rings. The van der Waals surface area contributed by atoms with Crippen LogP contribution < -0.4 is 30.7 Å². The molecule has 2 atom stereocenters. The van der Waals surface area contributed by atoms with Gasteiger partial charge < -0.3 is 35.1 Å². The molecule has 0 spiro atoms. The van der Waals surface area contributed by atoms with E-state index in [-0.39, 0.29) is 23.9 Å². The van der Waals surface area contributed by atoms with Crippen LogP contribution in [0.25, 0.3) is 39.3 Å². The van der Waals surface area contributed by atoms with Gasteiger partial charge in [0, 0.05) is 97.5 Å². The predicted molar refractivity (Wildman–Crippen MR) is 196 cm³/mol. The molecule has 0 unspecified atom stereocenters. The third-order valence-corrected chi connectivity index (χ3v) is 10.0. The summed E-state index contributed by atoms with van der Waals surface area (Å²) in [5.41, 5.74) is 6.54. The van der Waals surface area contributed by atoms with E-state index >= 15 is 0 Å². The van der Waals surface area contributed by atoms with Gasteiger partial charge in [-0.25, -0.2) is 9.97 Å². The van der Waals surface area contributed by atoms with Gasteiger partial charge in [-0.3, -0.25) is 14.6 Å². The number of amides is 2. The van der Waals surface area contributed by atoms with Crippen molar-refractivity contribution in [3.05, 3.63) is 82.4 Å². The molecule has 4 aromatic heterocycles. The number of nitrogens with one attached hydrogen (secondary N) is 4. The smallest absolute Gasteiger partial charge is 0.220 e. The van der Waals surface area contributed by atoms with Gasteiger partial charge >= 0.3 is 0 Å². The minimum absolute atomic E-state index is 0.0946. The van der Waals surface area contributed by atoms with Gasteiger partial charge in [-0.05, 0) is 31.0 Å². The molecule has 0 saturated carbocycles. The fraction of sp³-hybridized carbons (Fsp3) is 0.324. The molecule has 0 radical (unpaired) electrons. The lowest BCUT2D eigenvalue weighted by molar-refractivity contribution is -0.120. The number of hydrogen-bond donors (Lipinski definition) is 4. The van der Waals surface area contributed by atoms with Crippen molar-refractivity contribution in [3.8, 4) is 45.3 Å². The molecule has 2 saturated heterocycles. The van der Waals surface area contributed by atoms with Crippen LogP contribution in [0.5, 0.6) is 11.6 Å². The fourth-order valence-electron chi connectivity index (χ4n) is 6.62. The van der Waals surface area contributed by atoms with E-state index < -0.39 is 0 Å². The first-order chi connectivity index (χ1) is 24.8. The van der Waals surface area contributed by atoms with E-state index in [1.54, 1.807) is 20.4 Å². The number of imidazole rings is 1. The number of carbonyl (C=O) groups excluding carboxylic acids is 2. The van der Waals surface area contributed by atoms with Crippen molar-refractivity contribution in [2.24, 2.45) is 0 Å². The molecule has 264 valence electrons. The highest BCUT2D eigenvalue weighted by Crippen LogP contribution is 2.42. The average molecular weight is 730 g/mol. The van der Waals surface area contributed by atoms with Crippen molar-refractivity contribution >= 4 is 40.7 Å². The topological polar surface area (TPSA) is 144 Å². The van der Waals surface area contributed by atoms with Gasteiger partial charge in [0.2, 0.25) is 17.7 Å². The summed E-state index contributed by atoms with van der Waals surface area (Å²) in [6, 6.07) is 13.6. The summed E-state index contributed by atoms with van der Waals surface area (Å²) in [6.07, 6.45) is 8.38. The summed E-state index contributed by atoms with van der Waals surface area (Å²) in [7, 11) is 3.20. The number of ether oxygens (including phenoxy) is 2. The summed E-state index contributed by atoms with van der Waals surface area (Å²) >= 11 is 14.2. The Balaban J connectivity index is 1.12. The highest BCUT2D eigenvalue weighted by atomic mass is 35.5. The Kier molecular flexibility index (Phi) is 10.4. The van der Waals surface area contributed by atoms with Crippen molar-refractivity contribution in [2.75, 3.05) is 27.3 Å². The molecule has 2 aliphatic rings. The van der Waals surface area contributed by atoms with Gasteiger partial charge in [0.05, 0.1) is 41.3 Å². The lowest BCUT2D eigenvalue weighted by Gasteiger charge is -2.15. The van der Waals surface area contributed by atoms with Crippen LogP contribution in [-0.4, -0.2) is 70.6 Å². The molecule has 2 fully saturated rings. The van der Waals surface area contributed by atoms with Crippen LogP contribution in [-0.2, 0) is 22.7 Å². The van der Waals surface area contributed by atoms with E-state index in [1.165, 1.54) is 0 Å². The van der Waals surface area contributed by atoms with Crippen molar-refractivity contribution in [1.82, 2.24) is 40.6 Å². The first kappa shape index (κ1) is 34.7. The zero-order chi connectivity index (χ0) is 35.5. The second-order valence-electron chi connectivity index (χ2n) is 12.7. The van der Waals surface area contributed by atoms with Crippen LogP contribution in [0.4, 0.5) is 0 Å². The Hall–Kier alpha value is -4.75. The standard InChI is InChI=1S/C37H38Cl2N8O4/c1-50-30-14-22(19-47-20-25(45-36(30)47)18-41-17-24-8-11-32(49)44-24)35-34(39)27(12-13-42-35)26-4-3-5-28(33(26)38)29-9-6-21(37(46-29)51-2)15-40-16-23-7-10-31(48)43-23/h3-6,9,12-14,19-20,23-24,40-41H,7-8,10-11,15-18H2,1-2H3,(H,43,48)(H,44,49)/t23-,24-/m0/s1. The third-order valence-electron chi connectivity index (χ3n) is 9.22. The molecule has 0 bridgehead atoms. The number of halogens is 2. The van der Waals surface area contributed by atoms with E-state index in [1.807, 2.05) is 59.3 Å². The molecule has 14 heteroatoms. The fourth-order valence-corrected chi connectivity index (χ4v) is 7.27. The molecule has 4 N–H and O–H groups in total. The van der Waals surface area contributed by atoms with Crippen molar-refractivity contribution in [1.29, 1.82) is 0 Å². The number of carbonyl (C=O) groups is 2. The molecule has 2 amide bonds. The number of fused-ring (bicyclic) bond motifs is 1. The lowest BCUT2D eigenvalue weighted by atomic mass is 10.00. The van der Waals surface area contributed by atoms with Crippen LogP contribution in [0.1, 0.15) is 36.9 Å². The van der Waals surface area contributed by atoms with E-state index in [2.05, 4.69) is 26.3 Å². The number of hydrogen-bond acceptors (Lipinski definition) is 9. The predicted octanol–water partition coefficient (Wildman–Crippen LogP) is 5.19. The van der Waals surface area contributed by atoms with E-state index in [0.717, 1.165) is 40.8 Å². The molecular weight excluding hydrogens is 691 g/mol. The minimum Gasteiger partial charge on any atom is -0.493 e. The Morgan fingerprint density at radius 2 is 1.55 bits per heavy atom. The highest BCUT2D eigenvalue weighted by molar-refractivity contribution is 6.39. The molecule has 1 aromatic carbocycles. The van der Waals surface area contributed by atoms with Crippen LogP contribution in [0.2, 0.25) is 10.0 Å². The summed E-state index contributed by atoms with van der Waals surface area (Å²) in [4.78, 5) is 37.3. The maximum absolute atomic E-state index is 11.5. The van der Waals surface area contributed by atoms with Gasteiger partial charge in [0.15, 0.2) is 11.4 Å². The molecule has 51 heavy (non-hydrogen) atoms. The summed E-state index contributed by atoms with van der Waals surface area (Å²) in [5.74, 6) is 1.26. The van der Waals surface area contributed by atoms with Crippen LogP contribution in [0, 0.1) is 0 Å². The van der Waals surface area contributed by atoms with E-state index in [9.17, 15) is 9.59 Å². The molecule has 0 aliphatic carbocycles. The maximum Gasteiger partial charge on any atom is 0.220 e. The number of pyridine rings is 3. The highest BCUT2D eigenvalue weighted by Gasteiger charge is 2.23. The first-order valence-electron chi connectivity index (χ1n) is 16.8. The van der Waals surface area contributed by atoms with Gasteiger partial charge in [-0.15, -0.1) is 0 Å². The number of nitrogens with zero attached hydrogens (tertiary/aromatic N) is 4. The maximum atomic E-state index is 11.5. The zero-order valence-electron chi connectivity index (χ0n) is 28.3. The second kappa shape index (κ2) is 15.2. The number of rotatable bonds is 13. The Morgan fingerprint density at radius 1 is 0.843 bits per heavy atom. The summed E-state index contributed by atoms with van der Waals surface area (Å²) in [6.45, 7) is 2.43. The largest absolute Gasteiger partial charge is 0.493 e. The molecular formula is C37H38Cl2N8O4. The van der Waals surface area contributed by atoms with Crippen LogP contribution >= 0.6 is 23.2 Å². The number of aromatic nitrogens is 4. The SMILES string of the molecule is COc1nc(-c2cccc(-c3ccnc(-c4cc(OC)c5nc(CNC[C@@H]6CCC(=O)N6)cn5c4)c3Cl)c2Cl)ccc1CNC[C@@H]1CCC(=O)N1. The Labute approximate surface area is 305 Å². The Morgan fingerprint density at radius 3 is 2.24 bits per heavy atom. The molecule has 2 aliphatic heterocycles. The average Bonchev–Trinajstić information content (AvgIpc) is 3.87. The molecule has 6 heterocycles. The number of methoxy groups -OCH3 is 2. The van der Waals surface area contributed by atoms with Crippen LogP contribution in [0.15, 0.2) is 61.1 Å². The van der Waals surface area contributed by atoms with Gasteiger partial charge in [-0.1, -0.05) is 47.5 Å². The molecule has 12 nitrogen and oxygen atoms in total. The normalized spacial score (nSPS) is 17.2. The van der Waals surface area contributed by atoms with Crippen LogP contribution in [0.3, 0.4) is 0 Å². The van der Waals surface area contributed by atoms with Gasteiger partial charge in [0.25, 0.3) is 0 Å². The van der Waals surface area contributed by atoms with Crippen molar-refractivity contribution in [2.45, 2.75) is 50.9 Å². The van der Waals surface area contributed by atoms with E-state index in [4.69, 9.17) is 42.6 Å². The van der Waals surface area contributed by atoms with E-state index in [0.29, 0.717) is 83.3 Å². The number of benzene rings is 1. The molecule has 7 rings (SSSR count). The first-order valence-corrected chi connectivity index (χ1v) is 17.6. The second-order valence-corrected chi connectivity index (χ2v) is 13.4. The van der Waals surface area contributed by atoms with Crippen molar-refractivity contribution in [3.63, 3.8) is 0 Å². The van der Waals surface area contributed by atoms with Gasteiger partial charge in [-0.2, -0.15) is 0 Å². The van der Waals surface area contributed by atoms with Crippen molar-refractivity contribution < 1.29 is 19.1 Å². The summed E-state index contributed by atoms with van der Waals surface area (Å²) < 4.78 is 13.3. The monoisotopic (exact) mass is 728 g/mol. The Bertz CT molecular complexity index is 2110. The van der Waals surface area contributed by atoms with Gasteiger partial charge in [0.1, 0.15) is 0 Å². The quantitative estimate of drug-likeness (QED) is 0.129. The third kappa shape index (κ3) is 7.50. The lowest BCUT2D eigenvalue weighted by Crippen LogP contribution is -2.35. The minimum atomic E-state index is 0.0946.